The summed E-state index contributed by atoms with van der Waals surface area (Å²) in [6.07, 6.45) is -1.27. The number of aromatic nitrogens is 1. The average Bonchev–Trinajstić information content (AvgIpc) is 3.21. The molecule has 4 atom stereocenters. The first-order valence-electron chi connectivity index (χ1n) is 10.5. The van der Waals surface area contributed by atoms with Crippen LogP contribution < -0.4 is 4.74 Å². The molecule has 0 aliphatic carbocycles. The fourth-order valence-electron chi connectivity index (χ4n) is 3.65. The van der Waals surface area contributed by atoms with Crippen LogP contribution in [0.5, 0.6) is 5.75 Å². The van der Waals surface area contributed by atoms with Crippen molar-refractivity contribution in [2.24, 2.45) is 0 Å². The van der Waals surface area contributed by atoms with Gasteiger partial charge in [-0.15, -0.1) is 11.8 Å². The third-order valence-corrected chi connectivity index (χ3v) is 6.19. The van der Waals surface area contributed by atoms with E-state index in [-0.39, 0.29) is 5.75 Å². The number of para-hydroxylation sites is 1. The van der Waals surface area contributed by atoms with E-state index in [9.17, 15) is 14.4 Å². The van der Waals surface area contributed by atoms with E-state index in [4.69, 9.17) is 23.4 Å². The van der Waals surface area contributed by atoms with Gasteiger partial charge in [-0.25, -0.2) is 4.98 Å². The number of benzene rings is 1. The maximum atomic E-state index is 11.8. The van der Waals surface area contributed by atoms with E-state index in [0.29, 0.717) is 17.2 Å². The first kappa shape index (κ1) is 23.6. The minimum absolute atomic E-state index is 0.282. The average molecular weight is 486 g/mol. The summed E-state index contributed by atoms with van der Waals surface area (Å²) in [5, 5.41) is 0.973. The molecule has 0 bridgehead atoms. The van der Waals surface area contributed by atoms with Crippen LogP contribution in [0, 0.1) is 0 Å². The van der Waals surface area contributed by atoms with Crippen LogP contribution in [0.1, 0.15) is 20.8 Å². The third-order valence-electron chi connectivity index (χ3n) is 4.97. The number of esters is 3. The van der Waals surface area contributed by atoms with Crippen LogP contribution in [0.2, 0.25) is 0 Å². The number of thioether (sulfide) groups is 1. The molecule has 1 saturated heterocycles. The number of hydrogen-bond acceptors (Lipinski definition) is 10. The molecular weight excluding hydrogens is 462 g/mol. The lowest BCUT2D eigenvalue weighted by atomic mass is 10.1. The number of nitrogens with zero attached hydrogens (tertiary/aromatic N) is 1. The molecule has 4 rings (SSSR count). The number of fused-ring (bicyclic) bond motifs is 1. The molecule has 0 spiro atoms. The topological polar surface area (TPSA) is 114 Å². The molecule has 1 aromatic carbocycles. The van der Waals surface area contributed by atoms with Crippen LogP contribution in [0.15, 0.2) is 53.1 Å². The predicted octanol–water partition coefficient (Wildman–Crippen LogP) is 3.74. The predicted molar refractivity (Wildman–Crippen MR) is 123 cm³/mol. The first-order chi connectivity index (χ1) is 16.3. The Morgan fingerprint density at radius 3 is 2.29 bits per heavy atom. The van der Waals surface area contributed by atoms with Crippen molar-refractivity contribution in [1.82, 2.24) is 4.98 Å². The third kappa shape index (κ3) is 5.51. The van der Waals surface area contributed by atoms with Gasteiger partial charge in [-0.05, 0) is 24.3 Å². The maximum Gasteiger partial charge on any atom is 0.303 e. The molecule has 9 nitrogen and oxygen atoms in total. The van der Waals surface area contributed by atoms with Gasteiger partial charge in [0.1, 0.15) is 17.0 Å². The molecular formula is C24H23NO8S. The van der Waals surface area contributed by atoms with Crippen molar-refractivity contribution in [3.05, 3.63) is 48.7 Å². The van der Waals surface area contributed by atoms with Crippen LogP contribution in [0.25, 0.3) is 22.4 Å². The monoisotopic (exact) mass is 485 g/mol. The van der Waals surface area contributed by atoms with Gasteiger partial charge >= 0.3 is 17.9 Å². The van der Waals surface area contributed by atoms with Gasteiger partial charge in [0.25, 0.3) is 0 Å². The highest BCUT2D eigenvalue weighted by Gasteiger charge is 2.47. The van der Waals surface area contributed by atoms with E-state index in [2.05, 4.69) is 4.98 Å². The standard InChI is InChI=1S/C24H23NO8S/c1-13(26)29-21-12-34-24(23(31-15(3)28)22(21)30-14(2)27)32-17-8-9-18(25-11-17)20-10-16-6-4-5-7-19(16)33-20/h4-11,21-24H,12H2,1-3H3/t21-,22+,23-,24?/m1/s1. The van der Waals surface area contributed by atoms with Crippen LogP contribution in [-0.2, 0) is 28.6 Å². The lowest BCUT2D eigenvalue weighted by molar-refractivity contribution is -0.186. The Morgan fingerprint density at radius 2 is 1.65 bits per heavy atom. The van der Waals surface area contributed by atoms with Gasteiger partial charge in [-0.2, -0.15) is 0 Å². The van der Waals surface area contributed by atoms with Gasteiger partial charge in [0, 0.05) is 31.9 Å². The highest BCUT2D eigenvalue weighted by molar-refractivity contribution is 7.99. The van der Waals surface area contributed by atoms with Gasteiger partial charge in [0.2, 0.25) is 0 Å². The zero-order valence-corrected chi connectivity index (χ0v) is 19.6. The number of pyridine rings is 1. The van der Waals surface area contributed by atoms with E-state index >= 15 is 0 Å². The van der Waals surface area contributed by atoms with Crippen molar-refractivity contribution >= 4 is 40.6 Å². The van der Waals surface area contributed by atoms with E-state index in [1.807, 2.05) is 30.3 Å². The second-order valence-electron chi connectivity index (χ2n) is 7.64. The first-order valence-corrected chi connectivity index (χ1v) is 11.6. The summed E-state index contributed by atoms with van der Waals surface area (Å²) in [4.78, 5) is 39.4. The molecule has 0 amide bonds. The number of furan rings is 1. The van der Waals surface area contributed by atoms with E-state index in [1.165, 1.54) is 38.7 Å². The van der Waals surface area contributed by atoms with Crippen LogP contribution in [0.3, 0.4) is 0 Å². The molecule has 1 aliphatic rings. The summed E-state index contributed by atoms with van der Waals surface area (Å²) in [6, 6.07) is 13.1. The molecule has 10 heteroatoms. The molecule has 3 heterocycles. The smallest absolute Gasteiger partial charge is 0.303 e. The lowest BCUT2D eigenvalue weighted by Gasteiger charge is -2.39. The second kappa shape index (κ2) is 10.2. The number of carbonyl (C=O) groups excluding carboxylic acids is 3. The Morgan fingerprint density at radius 1 is 0.941 bits per heavy atom. The quantitative estimate of drug-likeness (QED) is 0.378. The Labute approximate surface area is 199 Å². The summed E-state index contributed by atoms with van der Waals surface area (Å²) in [7, 11) is 0. The largest absolute Gasteiger partial charge is 0.474 e. The molecule has 2 aromatic heterocycles. The normalized spacial score (nSPS) is 22.1. The highest BCUT2D eigenvalue weighted by atomic mass is 32.2. The van der Waals surface area contributed by atoms with Gasteiger partial charge in [0.05, 0.1) is 6.20 Å². The van der Waals surface area contributed by atoms with Crippen LogP contribution in [0.4, 0.5) is 0 Å². The Hall–Kier alpha value is -3.53. The summed E-state index contributed by atoms with van der Waals surface area (Å²) >= 11 is 1.28. The van der Waals surface area contributed by atoms with Crippen molar-refractivity contribution in [2.75, 3.05) is 5.75 Å². The van der Waals surface area contributed by atoms with Crippen LogP contribution in [-0.4, -0.2) is 52.4 Å². The zero-order chi connectivity index (χ0) is 24.2. The van der Waals surface area contributed by atoms with Gasteiger partial charge in [-0.1, -0.05) is 18.2 Å². The summed E-state index contributed by atoms with van der Waals surface area (Å²) in [6.45, 7) is 3.73. The summed E-state index contributed by atoms with van der Waals surface area (Å²) in [5.41, 5.74) is 0.671. The zero-order valence-electron chi connectivity index (χ0n) is 18.8. The van der Waals surface area contributed by atoms with E-state index < -0.39 is 41.7 Å². The van der Waals surface area contributed by atoms with Crippen molar-refractivity contribution in [1.29, 1.82) is 0 Å². The number of hydrogen-bond donors (Lipinski definition) is 0. The highest BCUT2D eigenvalue weighted by Crippen LogP contribution is 2.35. The maximum absolute atomic E-state index is 11.8. The molecule has 3 aromatic rings. The molecule has 34 heavy (non-hydrogen) atoms. The van der Waals surface area contributed by atoms with E-state index in [0.717, 1.165) is 11.0 Å². The van der Waals surface area contributed by atoms with Crippen LogP contribution >= 0.6 is 11.8 Å². The van der Waals surface area contributed by atoms with E-state index in [1.54, 1.807) is 12.1 Å². The molecule has 1 unspecified atom stereocenters. The second-order valence-corrected chi connectivity index (χ2v) is 8.77. The van der Waals surface area contributed by atoms with Crippen molar-refractivity contribution < 1.29 is 37.7 Å². The van der Waals surface area contributed by atoms with Crippen molar-refractivity contribution in [2.45, 2.75) is 44.5 Å². The number of carbonyl (C=O) groups is 3. The Balaban J connectivity index is 1.54. The van der Waals surface area contributed by atoms with Crippen molar-refractivity contribution in [3.8, 4) is 17.2 Å². The molecule has 1 fully saturated rings. The van der Waals surface area contributed by atoms with Gasteiger partial charge < -0.3 is 23.4 Å². The molecule has 178 valence electrons. The summed E-state index contributed by atoms with van der Waals surface area (Å²) < 4.78 is 28.0. The minimum Gasteiger partial charge on any atom is -0.474 e. The SMILES string of the molecule is CC(=O)O[C@H]1[C@H](OC(C)=O)CSC(Oc2ccc(-c3cc4ccccc4o3)nc2)[C@@H]1OC(C)=O. The van der Waals surface area contributed by atoms with Crippen molar-refractivity contribution in [3.63, 3.8) is 0 Å². The fourth-order valence-corrected chi connectivity index (χ4v) is 4.86. The Kier molecular flexibility index (Phi) is 7.06. The number of ether oxygens (including phenoxy) is 4. The number of rotatable bonds is 6. The Bertz CT molecular complexity index is 1160. The molecule has 0 saturated carbocycles. The van der Waals surface area contributed by atoms with Gasteiger partial charge in [0.15, 0.2) is 29.5 Å². The molecule has 1 aliphatic heterocycles. The summed E-state index contributed by atoms with van der Waals surface area (Å²) in [5.74, 6) is -0.391. The minimum atomic E-state index is -1.01. The molecule has 0 N–H and O–H groups in total. The lowest BCUT2D eigenvalue weighted by Crippen LogP contribution is -2.55. The van der Waals surface area contributed by atoms with Gasteiger partial charge in [-0.3, -0.25) is 14.4 Å². The molecule has 0 radical (unpaired) electrons. The fraction of sp³-hybridized carbons (Fsp3) is 0.333.